The first-order valence-corrected chi connectivity index (χ1v) is 9.77. The molecule has 0 spiro atoms. The average Bonchev–Trinajstić information content (AvgIpc) is 2.68. The smallest absolute Gasteiger partial charge is 0.134 e. The fourth-order valence-corrected chi connectivity index (χ4v) is 2.84. The maximum absolute atomic E-state index is 14.2. The van der Waals surface area contributed by atoms with E-state index < -0.39 is 0 Å². The highest BCUT2D eigenvalue weighted by Gasteiger charge is 2.02. The summed E-state index contributed by atoms with van der Waals surface area (Å²) in [6, 6.07) is 11.7. The van der Waals surface area contributed by atoms with E-state index in [9.17, 15) is 9.50 Å². The van der Waals surface area contributed by atoms with Crippen LogP contribution in [0.25, 0.3) is 12.2 Å². The van der Waals surface area contributed by atoms with E-state index in [0.717, 1.165) is 31.5 Å². The van der Waals surface area contributed by atoms with E-state index in [4.69, 9.17) is 4.74 Å². The van der Waals surface area contributed by atoms with Gasteiger partial charge in [-0.05, 0) is 56.3 Å². The van der Waals surface area contributed by atoms with Gasteiger partial charge in [0.15, 0.2) is 0 Å². The van der Waals surface area contributed by atoms with Gasteiger partial charge >= 0.3 is 0 Å². The molecule has 0 bridgehead atoms. The van der Waals surface area contributed by atoms with Crippen LogP contribution in [-0.2, 0) is 0 Å². The second-order valence-corrected chi connectivity index (χ2v) is 6.92. The standard InChI is InChI=1S/C24H30FNO2/c1-3-16-26(2)17-6-4-5-7-18-28-23-15-12-21(24(25)19-23)11-8-20-9-13-22(27)14-10-20/h3,8-15,19,27H,1,4-7,16-18H2,2H3. The van der Waals surface area contributed by atoms with Crippen LogP contribution in [0, 0.1) is 5.82 Å². The number of aromatic hydroxyl groups is 1. The molecular formula is C24H30FNO2. The van der Waals surface area contributed by atoms with Crippen molar-refractivity contribution in [2.45, 2.75) is 25.7 Å². The molecule has 0 aliphatic rings. The summed E-state index contributed by atoms with van der Waals surface area (Å²) >= 11 is 0. The lowest BCUT2D eigenvalue weighted by atomic mass is 10.1. The zero-order chi connectivity index (χ0) is 20.2. The van der Waals surface area contributed by atoms with Gasteiger partial charge < -0.3 is 14.7 Å². The Morgan fingerprint density at radius 3 is 2.50 bits per heavy atom. The van der Waals surface area contributed by atoms with Crippen molar-refractivity contribution < 1.29 is 14.2 Å². The number of phenols is 1. The van der Waals surface area contributed by atoms with Crippen molar-refractivity contribution in [2.75, 3.05) is 26.7 Å². The highest BCUT2D eigenvalue weighted by Crippen LogP contribution is 2.20. The van der Waals surface area contributed by atoms with Crippen molar-refractivity contribution in [2.24, 2.45) is 0 Å². The van der Waals surface area contributed by atoms with Gasteiger partial charge in [-0.15, -0.1) is 6.58 Å². The minimum atomic E-state index is -0.308. The number of hydrogen-bond acceptors (Lipinski definition) is 3. The number of halogens is 1. The van der Waals surface area contributed by atoms with Crippen molar-refractivity contribution in [3.63, 3.8) is 0 Å². The fourth-order valence-electron chi connectivity index (χ4n) is 2.84. The summed E-state index contributed by atoms with van der Waals surface area (Å²) in [4.78, 5) is 2.25. The van der Waals surface area contributed by atoms with Gasteiger partial charge in [0, 0.05) is 18.2 Å². The zero-order valence-corrected chi connectivity index (χ0v) is 16.6. The summed E-state index contributed by atoms with van der Waals surface area (Å²) in [7, 11) is 2.10. The first-order chi connectivity index (χ1) is 13.6. The minimum Gasteiger partial charge on any atom is -0.508 e. The van der Waals surface area contributed by atoms with Crippen LogP contribution in [-0.4, -0.2) is 36.8 Å². The number of likely N-dealkylation sites (N-methyl/N-ethyl adjacent to an activating group) is 1. The van der Waals surface area contributed by atoms with Crippen LogP contribution in [0.5, 0.6) is 11.5 Å². The van der Waals surface area contributed by atoms with Crippen molar-refractivity contribution in [3.05, 3.63) is 72.1 Å². The van der Waals surface area contributed by atoms with Crippen LogP contribution in [0.3, 0.4) is 0 Å². The molecule has 2 aromatic rings. The lowest BCUT2D eigenvalue weighted by Crippen LogP contribution is -2.19. The molecule has 2 rings (SSSR count). The zero-order valence-electron chi connectivity index (χ0n) is 16.6. The molecule has 0 aromatic heterocycles. The molecule has 1 N–H and O–H groups in total. The third-order valence-electron chi connectivity index (χ3n) is 4.46. The van der Waals surface area contributed by atoms with Crippen LogP contribution in [0.4, 0.5) is 4.39 Å². The maximum Gasteiger partial charge on any atom is 0.134 e. The molecule has 0 saturated heterocycles. The number of benzene rings is 2. The molecule has 3 nitrogen and oxygen atoms in total. The molecule has 0 unspecified atom stereocenters. The van der Waals surface area contributed by atoms with E-state index in [1.54, 1.807) is 42.5 Å². The van der Waals surface area contributed by atoms with Crippen LogP contribution < -0.4 is 4.74 Å². The Morgan fingerprint density at radius 1 is 1.04 bits per heavy atom. The fraction of sp³-hybridized carbons (Fsp3) is 0.333. The molecule has 0 heterocycles. The van der Waals surface area contributed by atoms with Crippen molar-refractivity contribution >= 4 is 12.2 Å². The highest BCUT2D eigenvalue weighted by molar-refractivity contribution is 5.70. The molecule has 0 aliphatic heterocycles. The van der Waals surface area contributed by atoms with Gasteiger partial charge in [0.25, 0.3) is 0 Å². The largest absolute Gasteiger partial charge is 0.508 e. The Balaban J connectivity index is 1.70. The number of ether oxygens (including phenoxy) is 1. The van der Waals surface area contributed by atoms with E-state index in [2.05, 4.69) is 18.5 Å². The van der Waals surface area contributed by atoms with Crippen LogP contribution >= 0.6 is 0 Å². The van der Waals surface area contributed by atoms with E-state index in [1.807, 2.05) is 12.2 Å². The van der Waals surface area contributed by atoms with Crippen molar-refractivity contribution in [3.8, 4) is 11.5 Å². The maximum atomic E-state index is 14.2. The van der Waals surface area contributed by atoms with E-state index >= 15 is 0 Å². The first kappa shape index (κ1) is 21.7. The molecule has 0 atom stereocenters. The highest BCUT2D eigenvalue weighted by atomic mass is 19.1. The normalized spacial score (nSPS) is 11.2. The van der Waals surface area contributed by atoms with Gasteiger partial charge in [-0.3, -0.25) is 0 Å². The lowest BCUT2D eigenvalue weighted by molar-refractivity contribution is 0.299. The Hall–Kier alpha value is -2.59. The molecule has 0 fully saturated rings. The first-order valence-electron chi connectivity index (χ1n) is 9.77. The molecular weight excluding hydrogens is 353 g/mol. The molecule has 0 saturated carbocycles. The van der Waals surface area contributed by atoms with Crippen LogP contribution in [0.15, 0.2) is 55.1 Å². The SMILES string of the molecule is C=CCN(C)CCCCCCOc1ccc(C=Cc2ccc(O)cc2)c(F)c1. The summed E-state index contributed by atoms with van der Waals surface area (Å²) in [5.74, 6) is 0.465. The average molecular weight is 384 g/mol. The van der Waals surface area contributed by atoms with Gasteiger partial charge in [0.05, 0.1) is 6.61 Å². The Morgan fingerprint density at radius 2 is 1.79 bits per heavy atom. The summed E-state index contributed by atoms with van der Waals surface area (Å²) in [6.45, 7) is 6.35. The van der Waals surface area contributed by atoms with Gasteiger partial charge in [-0.2, -0.15) is 0 Å². The van der Waals surface area contributed by atoms with E-state index in [0.29, 0.717) is 17.9 Å². The van der Waals surface area contributed by atoms with Crippen LogP contribution in [0.1, 0.15) is 36.8 Å². The van der Waals surface area contributed by atoms with Crippen LogP contribution in [0.2, 0.25) is 0 Å². The number of rotatable bonds is 12. The summed E-state index contributed by atoms with van der Waals surface area (Å²) in [5, 5.41) is 9.29. The van der Waals surface area contributed by atoms with E-state index in [-0.39, 0.29) is 11.6 Å². The summed E-state index contributed by atoms with van der Waals surface area (Å²) < 4.78 is 19.9. The Kier molecular flexibility index (Phi) is 9.29. The number of hydrogen-bond donors (Lipinski definition) is 1. The molecule has 0 aliphatic carbocycles. The predicted octanol–water partition coefficient (Wildman–Crippen LogP) is 5.76. The topological polar surface area (TPSA) is 32.7 Å². The molecule has 4 heteroatoms. The van der Waals surface area contributed by atoms with Crippen molar-refractivity contribution in [1.29, 1.82) is 0 Å². The number of unbranched alkanes of at least 4 members (excludes halogenated alkanes) is 3. The third-order valence-corrected chi connectivity index (χ3v) is 4.46. The van der Waals surface area contributed by atoms with Gasteiger partial charge in [0.2, 0.25) is 0 Å². The number of nitrogens with zero attached hydrogens (tertiary/aromatic N) is 1. The van der Waals surface area contributed by atoms with Gasteiger partial charge in [0.1, 0.15) is 17.3 Å². The van der Waals surface area contributed by atoms with Gasteiger partial charge in [-0.1, -0.05) is 43.2 Å². The summed E-state index contributed by atoms with van der Waals surface area (Å²) in [6.07, 6.45) is 9.86. The second-order valence-electron chi connectivity index (χ2n) is 6.92. The van der Waals surface area contributed by atoms with Gasteiger partial charge in [-0.25, -0.2) is 4.39 Å². The molecule has 150 valence electrons. The number of phenolic OH excluding ortho intramolecular Hbond substituents is 1. The molecule has 2 aromatic carbocycles. The predicted molar refractivity (Wildman–Crippen MR) is 115 cm³/mol. The second kappa shape index (κ2) is 12.0. The lowest BCUT2D eigenvalue weighted by Gasteiger charge is -2.13. The third kappa shape index (κ3) is 7.97. The molecule has 0 radical (unpaired) electrons. The minimum absolute atomic E-state index is 0.213. The quantitative estimate of drug-likeness (QED) is 0.287. The molecule has 28 heavy (non-hydrogen) atoms. The Labute approximate surface area is 167 Å². The summed E-state index contributed by atoms with van der Waals surface area (Å²) in [5.41, 5.74) is 1.40. The Bertz CT molecular complexity index is 756. The van der Waals surface area contributed by atoms with E-state index in [1.165, 1.54) is 18.9 Å². The van der Waals surface area contributed by atoms with Crippen molar-refractivity contribution in [1.82, 2.24) is 4.90 Å². The molecule has 0 amide bonds. The monoisotopic (exact) mass is 383 g/mol.